The van der Waals surface area contributed by atoms with Gasteiger partial charge in [0.2, 0.25) is 0 Å². The van der Waals surface area contributed by atoms with Crippen molar-refractivity contribution in [3.8, 4) is 22.8 Å². The molecule has 1 aliphatic heterocycles. The molecule has 5 heteroatoms. The van der Waals surface area contributed by atoms with Crippen molar-refractivity contribution in [3.63, 3.8) is 0 Å². The Kier molecular flexibility index (Phi) is 8.88. The first-order valence-corrected chi connectivity index (χ1v) is 15.2. The molecule has 5 rings (SSSR count). The van der Waals surface area contributed by atoms with Crippen molar-refractivity contribution < 1.29 is 9.47 Å². The molecule has 5 nitrogen and oxygen atoms in total. The van der Waals surface area contributed by atoms with E-state index < -0.39 is 0 Å². The number of ether oxygens (including phenoxy) is 2. The van der Waals surface area contributed by atoms with Gasteiger partial charge < -0.3 is 19.4 Å². The van der Waals surface area contributed by atoms with Crippen LogP contribution >= 0.6 is 0 Å². The normalized spacial score (nSPS) is 21.2. The van der Waals surface area contributed by atoms with Crippen LogP contribution in [0.4, 0.5) is 0 Å². The molecule has 2 aliphatic rings. The van der Waals surface area contributed by atoms with Crippen molar-refractivity contribution in [1.82, 2.24) is 14.8 Å². The molecule has 1 saturated heterocycles. The van der Waals surface area contributed by atoms with Gasteiger partial charge in [0, 0.05) is 55.2 Å². The fourth-order valence-electron chi connectivity index (χ4n) is 7.08. The summed E-state index contributed by atoms with van der Waals surface area (Å²) in [7, 11) is 3.38. The van der Waals surface area contributed by atoms with E-state index in [0.29, 0.717) is 5.92 Å². The van der Waals surface area contributed by atoms with Crippen molar-refractivity contribution in [3.05, 3.63) is 47.5 Å². The molecule has 2 heterocycles. The molecule has 0 unspecified atom stereocenters. The summed E-state index contributed by atoms with van der Waals surface area (Å²) >= 11 is 0. The second kappa shape index (κ2) is 12.3. The minimum Gasteiger partial charge on any atom is -0.493 e. The van der Waals surface area contributed by atoms with Crippen LogP contribution in [0.1, 0.15) is 70.4 Å². The summed E-state index contributed by atoms with van der Waals surface area (Å²) in [6.07, 6.45) is 6.63. The minimum atomic E-state index is 0.411. The smallest absolute Gasteiger partial charge is 0.161 e. The van der Waals surface area contributed by atoms with E-state index in [-0.39, 0.29) is 0 Å². The first kappa shape index (κ1) is 28.0. The van der Waals surface area contributed by atoms with Crippen LogP contribution < -0.4 is 9.47 Å². The highest BCUT2D eigenvalue weighted by Crippen LogP contribution is 2.40. The van der Waals surface area contributed by atoms with E-state index in [1.807, 2.05) is 6.07 Å². The fraction of sp³-hybridized carbons (Fsp3) is 0.588. The number of nitrogens with zero attached hydrogens (tertiary/aromatic N) is 2. The lowest BCUT2D eigenvalue weighted by Crippen LogP contribution is -2.51. The number of nitrogens with one attached hydrogen (secondary N) is 1. The van der Waals surface area contributed by atoms with Crippen LogP contribution in [0.15, 0.2) is 36.4 Å². The van der Waals surface area contributed by atoms with Crippen LogP contribution in [0.5, 0.6) is 11.5 Å². The summed E-state index contributed by atoms with van der Waals surface area (Å²) in [5.41, 5.74) is 6.41. The fourth-order valence-corrected chi connectivity index (χ4v) is 7.08. The summed E-state index contributed by atoms with van der Waals surface area (Å²) in [6, 6.07) is 14.1. The van der Waals surface area contributed by atoms with Gasteiger partial charge in [0.15, 0.2) is 11.5 Å². The number of hydrogen-bond acceptors (Lipinski definition) is 4. The molecule has 1 saturated carbocycles. The number of aromatic nitrogens is 1. The van der Waals surface area contributed by atoms with Crippen molar-refractivity contribution >= 4 is 10.9 Å². The third kappa shape index (κ3) is 6.30. The molecular weight excluding hydrogens is 482 g/mol. The van der Waals surface area contributed by atoms with Crippen molar-refractivity contribution in [2.45, 2.75) is 71.8 Å². The van der Waals surface area contributed by atoms with E-state index in [9.17, 15) is 0 Å². The monoisotopic (exact) mass is 531 g/mol. The maximum Gasteiger partial charge on any atom is 0.161 e. The zero-order valence-corrected chi connectivity index (χ0v) is 25.1. The van der Waals surface area contributed by atoms with E-state index in [2.05, 4.69) is 72.8 Å². The molecule has 2 aromatic carbocycles. The number of methoxy groups -OCH3 is 2. The van der Waals surface area contributed by atoms with Gasteiger partial charge in [-0.25, -0.2) is 0 Å². The van der Waals surface area contributed by atoms with Crippen LogP contribution in [0.3, 0.4) is 0 Å². The minimum absolute atomic E-state index is 0.411. The third-order valence-electron chi connectivity index (χ3n) is 9.04. The standard InChI is InChI=1S/C34H49N3O2/c1-23(2)22-36-15-17-37(18-16-36)28-11-7-25(8-12-28)19-26-9-13-30-29(20-26)33(24(3)4)34(35-30)27-10-14-31(38-5)32(21-27)39-6/h9-10,13-14,20-21,23-25,28,35H,7-8,11-12,15-19,22H2,1-6H3. The number of rotatable bonds is 9. The van der Waals surface area contributed by atoms with Gasteiger partial charge in [-0.2, -0.15) is 0 Å². The average molecular weight is 532 g/mol. The van der Waals surface area contributed by atoms with E-state index >= 15 is 0 Å². The van der Waals surface area contributed by atoms with Crippen molar-refractivity contribution in [2.75, 3.05) is 46.9 Å². The number of piperazine rings is 1. The maximum absolute atomic E-state index is 5.60. The molecule has 2 fully saturated rings. The second-order valence-corrected chi connectivity index (χ2v) is 12.6. The van der Waals surface area contributed by atoms with E-state index in [0.717, 1.165) is 34.9 Å². The number of aromatic amines is 1. The molecule has 0 radical (unpaired) electrons. The Morgan fingerprint density at radius 3 is 2.21 bits per heavy atom. The SMILES string of the molecule is COc1ccc(-c2[nH]c3ccc(CC4CCC(N5CCN(CC(C)C)CC5)CC4)cc3c2C(C)C)cc1OC. The predicted octanol–water partition coefficient (Wildman–Crippen LogP) is 7.35. The van der Waals surface area contributed by atoms with Gasteiger partial charge in [-0.3, -0.25) is 4.90 Å². The van der Waals surface area contributed by atoms with E-state index in [1.54, 1.807) is 14.2 Å². The van der Waals surface area contributed by atoms with Gasteiger partial charge in [-0.1, -0.05) is 33.8 Å². The van der Waals surface area contributed by atoms with Gasteiger partial charge in [0.25, 0.3) is 0 Å². The molecule has 1 aliphatic carbocycles. The van der Waals surface area contributed by atoms with Crippen LogP contribution in [0.25, 0.3) is 22.2 Å². The Labute approximate surface area is 235 Å². The first-order valence-electron chi connectivity index (χ1n) is 15.2. The molecule has 1 N–H and O–H groups in total. The Morgan fingerprint density at radius 2 is 1.56 bits per heavy atom. The quantitative estimate of drug-likeness (QED) is 0.313. The van der Waals surface area contributed by atoms with Gasteiger partial charge in [0.1, 0.15) is 0 Å². The highest BCUT2D eigenvalue weighted by molar-refractivity contribution is 5.92. The molecule has 0 amide bonds. The molecular formula is C34H49N3O2. The Morgan fingerprint density at radius 1 is 0.846 bits per heavy atom. The number of fused-ring (bicyclic) bond motifs is 1. The summed E-state index contributed by atoms with van der Waals surface area (Å²) in [5, 5.41) is 1.36. The second-order valence-electron chi connectivity index (χ2n) is 12.6. The summed E-state index contributed by atoms with van der Waals surface area (Å²) in [4.78, 5) is 9.19. The Balaban J connectivity index is 1.26. The molecule has 0 spiro atoms. The van der Waals surface area contributed by atoms with Crippen LogP contribution in [0, 0.1) is 11.8 Å². The lowest BCUT2D eigenvalue weighted by Gasteiger charge is -2.42. The third-order valence-corrected chi connectivity index (χ3v) is 9.04. The van der Waals surface area contributed by atoms with Crippen molar-refractivity contribution in [1.29, 1.82) is 0 Å². The van der Waals surface area contributed by atoms with Gasteiger partial charge in [-0.15, -0.1) is 0 Å². The summed E-state index contributed by atoms with van der Waals surface area (Å²) in [6.45, 7) is 15.5. The molecule has 1 aromatic heterocycles. The number of H-pyrrole nitrogens is 1. The molecule has 212 valence electrons. The lowest BCUT2D eigenvalue weighted by atomic mass is 9.81. The Hall–Kier alpha value is -2.50. The molecule has 0 bridgehead atoms. The number of benzene rings is 2. The van der Waals surface area contributed by atoms with Crippen molar-refractivity contribution in [2.24, 2.45) is 11.8 Å². The van der Waals surface area contributed by atoms with Gasteiger partial charge in [-0.05, 0) is 91.3 Å². The van der Waals surface area contributed by atoms with Crippen LogP contribution in [-0.2, 0) is 6.42 Å². The first-order chi connectivity index (χ1) is 18.9. The van der Waals surface area contributed by atoms with E-state index in [4.69, 9.17) is 9.47 Å². The molecule has 39 heavy (non-hydrogen) atoms. The highest BCUT2D eigenvalue weighted by atomic mass is 16.5. The predicted molar refractivity (Wildman–Crippen MR) is 163 cm³/mol. The largest absolute Gasteiger partial charge is 0.493 e. The summed E-state index contributed by atoms with van der Waals surface area (Å²) < 4.78 is 11.1. The topological polar surface area (TPSA) is 40.7 Å². The molecule has 0 atom stereocenters. The molecule has 3 aromatic rings. The lowest BCUT2D eigenvalue weighted by molar-refractivity contribution is 0.0657. The highest BCUT2D eigenvalue weighted by Gasteiger charge is 2.28. The number of hydrogen-bond donors (Lipinski definition) is 1. The Bertz CT molecular complexity index is 1230. The van der Waals surface area contributed by atoms with Crippen LogP contribution in [-0.4, -0.2) is 67.8 Å². The van der Waals surface area contributed by atoms with Crippen LogP contribution in [0.2, 0.25) is 0 Å². The van der Waals surface area contributed by atoms with E-state index in [1.165, 1.54) is 92.6 Å². The van der Waals surface area contributed by atoms with Gasteiger partial charge in [0.05, 0.1) is 19.9 Å². The summed E-state index contributed by atoms with van der Waals surface area (Å²) in [5.74, 6) is 3.50. The average Bonchev–Trinajstić information content (AvgIpc) is 3.32. The zero-order valence-electron chi connectivity index (χ0n) is 25.1. The maximum atomic E-state index is 5.60. The van der Waals surface area contributed by atoms with Gasteiger partial charge >= 0.3 is 0 Å². The zero-order chi connectivity index (χ0) is 27.5.